The van der Waals surface area contributed by atoms with E-state index in [1.54, 1.807) is 19.2 Å². The molecule has 8 nitrogen and oxygen atoms in total. The number of nitrogens with zero attached hydrogens (tertiary/aromatic N) is 4. The number of methoxy groups -OCH3 is 1. The first-order chi connectivity index (χ1) is 19.1. The van der Waals surface area contributed by atoms with Crippen LogP contribution in [0.3, 0.4) is 0 Å². The van der Waals surface area contributed by atoms with Gasteiger partial charge in [0.05, 0.1) is 43.3 Å². The molecule has 1 unspecified atom stereocenters. The molecule has 0 saturated carbocycles. The van der Waals surface area contributed by atoms with E-state index in [0.717, 1.165) is 48.7 Å². The molecule has 3 atom stereocenters. The highest BCUT2D eigenvalue weighted by atomic mass is 19.1. The average Bonchev–Trinajstić information content (AvgIpc) is 3.18. The van der Waals surface area contributed by atoms with Gasteiger partial charge in [0, 0.05) is 63.5 Å². The normalized spacial score (nSPS) is 27.1. The van der Waals surface area contributed by atoms with Crippen LogP contribution in [0.15, 0.2) is 36.5 Å². The molecule has 1 N–H and O–H groups in total. The standard InChI is InChI=1S/C31H44FN5O3/c1-22-16-35(26(15-33-22)17-36-10-11-40-21-31(36,4)20-39-5)18-28(38)37-19-30(2,3)29-27(37)13-24(14-34-29)12-23-6-8-25(32)9-7-23/h6-9,13-14,22,26,33H,10-12,15-21H2,1-5H3/t22-,26-,31?/m1/s1. The highest BCUT2D eigenvalue weighted by molar-refractivity contribution is 5.97. The third-order valence-corrected chi connectivity index (χ3v) is 8.67. The first-order valence-corrected chi connectivity index (χ1v) is 14.4. The van der Waals surface area contributed by atoms with Gasteiger partial charge in [-0.15, -0.1) is 0 Å². The third-order valence-electron chi connectivity index (χ3n) is 8.67. The molecule has 2 fully saturated rings. The fraction of sp³-hybridized carbons (Fsp3) is 0.613. The van der Waals surface area contributed by atoms with Crippen molar-refractivity contribution in [3.05, 3.63) is 59.2 Å². The maximum atomic E-state index is 14.0. The second kappa shape index (κ2) is 11.8. The molecule has 1 amide bonds. The fourth-order valence-electron chi connectivity index (χ4n) is 6.44. The molecule has 0 aliphatic carbocycles. The minimum atomic E-state index is -0.244. The summed E-state index contributed by atoms with van der Waals surface area (Å²) < 4.78 is 24.8. The molecule has 0 radical (unpaired) electrons. The van der Waals surface area contributed by atoms with Gasteiger partial charge in [-0.1, -0.05) is 26.0 Å². The zero-order valence-electron chi connectivity index (χ0n) is 24.6. The van der Waals surface area contributed by atoms with Crippen LogP contribution in [-0.4, -0.2) is 105 Å². The van der Waals surface area contributed by atoms with E-state index in [1.807, 2.05) is 11.1 Å². The Hall–Kier alpha value is -2.43. The van der Waals surface area contributed by atoms with Crippen molar-refractivity contribution in [3.63, 3.8) is 0 Å². The number of aromatic nitrogens is 1. The summed E-state index contributed by atoms with van der Waals surface area (Å²) in [6, 6.07) is 9.17. The summed E-state index contributed by atoms with van der Waals surface area (Å²) in [5, 5.41) is 3.63. The van der Waals surface area contributed by atoms with Crippen molar-refractivity contribution in [1.29, 1.82) is 0 Å². The molecule has 1 aromatic heterocycles. The van der Waals surface area contributed by atoms with Crippen molar-refractivity contribution in [2.45, 2.75) is 57.2 Å². The largest absolute Gasteiger partial charge is 0.383 e. The number of carbonyl (C=O) groups is 1. The monoisotopic (exact) mass is 553 g/mol. The topological polar surface area (TPSA) is 70.2 Å². The van der Waals surface area contributed by atoms with E-state index >= 15 is 0 Å². The fourth-order valence-corrected chi connectivity index (χ4v) is 6.44. The van der Waals surface area contributed by atoms with Gasteiger partial charge in [0.25, 0.3) is 0 Å². The molecule has 5 rings (SSSR count). The molecule has 3 aliphatic rings. The number of fused-ring (bicyclic) bond motifs is 1. The van der Waals surface area contributed by atoms with Crippen molar-refractivity contribution in [2.24, 2.45) is 0 Å². The maximum absolute atomic E-state index is 14.0. The van der Waals surface area contributed by atoms with Crippen molar-refractivity contribution >= 4 is 11.6 Å². The number of halogens is 1. The summed E-state index contributed by atoms with van der Waals surface area (Å²) in [6.07, 6.45) is 2.53. The molecular formula is C31H44FN5O3. The van der Waals surface area contributed by atoms with Gasteiger partial charge in [0.1, 0.15) is 5.82 Å². The second-order valence-electron chi connectivity index (χ2n) is 12.7. The molecular weight excluding hydrogens is 509 g/mol. The number of rotatable bonds is 8. The Kier molecular flexibility index (Phi) is 8.59. The van der Waals surface area contributed by atoms with Crippen LogP contribution in [0.1, 0.15) is 44.5 Å². The highest BCUT2D eigenvalue weighted by Crippen LogP contribution is 2.40. The van der Waals surface area contributed by atoms with Crippen LogP contribution >= 0.6 is 0 Å². The number of hydrogen-bond donors (Lipinski definition) is 1. The minimum Gasteiger partial charge on any atom is -0.383 e. The lowest BCUT2D eigenvalue weighted by Gasteiger charge is -2.48. The van der Waals surface area contributed by atoms with Crippen LogP contribution in [0.5, 0.6) is 0 Å². The molecule has 2 saturated heterocycles. The molecule has 3 aliphatic heterocycles. The molecule has 40 heavy (non-hydrogen) atoms. The Bertz CT molecular complexity index is 1190. The predicted octanol–water partition coefficient (Wildman–Crippen LogP) is 2.84. The van der Waals surface area contributed by atoms with Crippen LogP contribution in [0.2, 0.25) is 0 Å². The van der Waals surface area contributed by atoms with Gasteiger partial charge in [-0.3, -0.25) is 19.6 Å². The van der Waals surface area contributed by atoms with E-state index in [4.69, 9.17) is 14.5 Å². The second-order valence-corrected chi connectivity index (χ2v) is 12.7. The van der Waals surface area contributed by atoms with Crippen molar-refractivity contribution in [3.8, 4) is 0 Å². The Morgan fingerprint density at radius 3 is 2.75 bits per heavy atom. The Labute approximate surface area is 237 Å². The first-order valence-electron chi connectivity index (χ1n) is 14.4. The summed E-state index contributed by atoms with van der Waals surface area (Å²) >= 11 is 0. The molecule has 2 aromatic rings. The molecule has 0 spiro atoms. The van der Waals surface area contributed by atoms with Crippen LogP contribution < -0.4 is 10.2 Å². The third kappa shape index (κ3) is 6.24. The van der Waals surface area contributed by atoms with E-state index in [1.165, 1.54) is 12.1 Å². The zero-order chi connectivity index (χ0) is 28.5. The number of pyridine rings is 1. The van der Waals surface area contributed by atoms with Gasteiger partial charge in [-0.05, 0) is 49.6 Å². The van der Waals surface area contributed by atoms with Crippen LogP contribution in [0, 0.1) is 5.82 Å². The minimum absolute atomic E-state index is 0.105. The van der Waals surface area contributed by atoms with Crippen LogP contribution in [0.4, 0.5) is 10.1 Å². The average molecular weight is 554 g/mol. The number of anilines is 1. The molecule has 218 valence electrons. The number of benzene rings is 1. The van der Waals surface area contributed by atoms with Crippen molar-refractivity contribution in [2.75, 3.05) is 71.1 Å². The number of ether oxygens (including phenoxy) is 2. The summed E-state index contributed by atoms with van der Waals surface area (Å²) in [5.41, 5.74) is 3.47. The first kappa shape index (κ1) is 29.1. The molecule has 4 heterocycles. The predicted molar refractivity (Wildman–Crippen MR) is 154 cm³/mol. The van der Waals surface area contributed by atoms with Gasteiger partial charge in [0.15, 0.2) is 0 Å². The number of piperazine rings is 1. The number of nitrogens with one attached hydrogen (secondary N) is 1. The van der Waals surface area contributed by atoms with E-state index in [-0.39, 0.29) is 28.7 Å². The van der Waals surface area contributed by atoms with Gasteiger partial charge in [-0.2, -0.15) is 0 Å². The highest BCUT2D eigenvalue weighted by Gasteiger charge is 2.42. The Balaban J connectivity index is 1.33. The maximum Gasteiger partial charge on any atom is 0.241 e. The van der Waals surface area contributed by atoms with E-state index in [0.29, 0.717) is 45.4 Å². The van der Waals surface area contributed by atoms with Gasteiger partial charge in [-0.25, -0.2) is 4.39 Å². The SMILES string of the molecule is COCC1(C)COCCN1C[C@H]1CN[C@H](C)CN1CC(=O)N1CC(C)(C)c2ncc(Cc3ccc(F)cc3)cc21. The quantitative estimate of drug-likeness (QED) is 0.539. The number of hydrogen-bond acceptors (Lipinski definition) is 7. The Morgan fingerprint density at radius 1 is 1.23 bits per heavy atom. The van der Waals surface area contributed by atoms with Gasteiger partial charge >= 0.3 is 0 Å². The lowest BCUT2D eigenvalue weighted by molar-refractivity contribution is -0.122. The van der Waals surface area contributed by atoms with Gasteiger partial charge in [0.2, 0.25) is 5.91 Å². The summed E-state index contributed by atoms with van der Waals surface area (Å²) in [6.45, 7) is 14.9. The number of amides is 1. The summed E-state index contributed by atoms with van der Waals surface area (Å²) in [4.78, 5) is 25.6. The lowest BCUT2D eigenvalue weighted by atomic mass is 9.91. The van der Waals surface area contributed by atoms with E-state index < -0.39 is 0 Å². The van der Waals surface area contributed by atoms with Gasteiger partial charge < -0.3 is 19.7 Å². The summed E-state index contributed by atoms with van der Waals surface area (Å²) in [7, 11) is 1.74. The zero-order valence-corrected chi connectivity index (χ0v) is 24.6. The molecule has 1 aromatic carbocycles. The molecule has 0 bridgehead atoms. The van der Waals surface area contributed by atoms with Crippen molar-refractivity contribution in [1.82, 2.24) is 20.1 Å². The van der Waals surface area contributed by atoms with E-state index in [9.17, 15) is 9.18 Å². The number of morpholine rings is 1. The molecule has 9 heteroatoms. The Morgan fingerprint density at radius 2 is 2.00 bits per heavy atom. The smallest absolute Gasteiger partial charge is 0.241 e. The summed E-state index contributed by atoms with van der Waals surface area (Å²) in [5.74, 6) is -0.139. The van der Waals surface area contributed by atoms with E-state index in [2.05, 4.69) is 48.9 Å². The van der Waals surface area contributed by atoms with Crippen molar-refractivity contribution < 1.29 is 18.7 Å². The van der Waals surface area contributed by atoms with Crippen LogP contribution in [-0.2, 0) is 26.1 Å². The number of carbonyl (C=O) groups excluding carboxylic acids is 1. The lowest BCUT2D eigenvalue weighted by Crippen LogP contribution is -2.65. The van der Waals surface area contributed by atoms with Crippen LogP contribution in [0.25, 0.3) is 0 Å².